The Morgan fingerprint density at radius 2 is 1.81 bits per heavy atom. The number of H-pyrrole nitrogens is 1. The van der Waals surface area contributed by atoms with Gasteiger partial charge in [-0.1, -0.05) is 53.7 Å². The van der Waals surface area contributed by atoms with Crippen molar-refractivity contribution in [1.29, 1.82) is 0 Å². The van der Waals surface area contributed by atoms with Crippen molar-refractivity contribution < 1.29 is 19.1 Å². The first-order chi connectivity index (χ1) is 20.4. The second-order valence-corrected chi connectivity index (χ2v) is 11.9. The van der Waals surface area contributed by atoms with Gasteiger partial charge in [0.05, 0.1) is 16.8 Å². The number of anilines is 1. The van der Waals surface area contributed by atoms with Gasteiger partial charge in [-0.3, -0.25) is 19.2 Å². The molecular weight excluding hydrogens is 590 g/mol. The van der Waals surface area contributed by atoms with Gasteiger partial charge in [0.15, 0.2) is 5.16 Å². The summed E-state index contributed by atoms with van der Waals surface area (Å²) in [6, 6.07) is 14.9. The van der Waals surface area contributed by atoms with E-state index in [1.165, 1.54) is 36.2 Å². The second kappa shape index (κ2) is 13.8. The van der Waals surface area contributed by atoms with Crippen LogP contribution in [0.1, 0.15) is 72.4 Å². The Kier molecular flexibility index (Phi) is 10.2. The highest BCUT2D eigenvalue weighted by molar-refractivity contribution is 7.98. The van der Waals surface area contributed by atoms with Crippen LogP contribution in [0.3, 0.4) is 0 Å². The molecule has 0 aliphatic carbocycles. The van der Waals surface area contributed by atoms with Crippen molar-refractivity contribution in [2.24, 2.45) is 0 Å². The van der Waals surface area contributed by atoms with Crippen LogP contribution in [0.25, 0.3) is 11.0 Å². The van der Waals surface area contributed by atoms with Crippen LogP contribution >= 0.6 is 23.4 Å². The van der Waals surface area contributed by atoms with Gasteiger partial charge in [0.25, 0.3) is 17.4 Å². The predicted octanol–water partition coefficient (Wildman–Crippen LogP) is 5.93. The molecule has 2 aromatic carbocycles. The van der Waals surface area contributed by atoms with E-state index in [0.717, 1.165) is 5.56 Å². The zero-order chi connectivity index (χ0) is 31.1. The number of carbonyl (C=O) groups is 3. The summed E-state index contributed by atoms with van der Waals surface area (Å²) in [7, 11) is 0. The van der Waals surface area contributed by atoms with Crippen LogP contribution < -0.4 is 16.2 Å². The zero-order valence-electron chi connectivity index (χ0n) is 24.2. The Labute approximate surface area is 258 Å². The minimum absolute atomic E-state index is 0.159. The van der Waals surface area contributed by atoms with Crippen LogP contribution in [0.4, 0.5) is 5.69 Å². The van der Waals surface area contributed by atoms with Gasteiger partial charge >= 0.3 is 5.97 Å². The maximum absolute atomic E-state index is 13.4. The highest BCUT2D eigenvalue weighted by Gasteiger charge is 2.21. The first-order valence-electron chi connectivity index (χ1n) is 13.6. The normalized spacial score (nSPS) is 12.0. The molecule has 2 aromatic heterocycles. The standard InChI is InChI=1S/C31H32ClN5O5S/c1-31(2,3)42-25(38)12-8-11-23(18-9-6-5-7-10-18)34-27(39)19-13-14-22(32)24(16-19)35-28(40)21-15-20-17-33-30(43-4)37-26(20)36-29(21)41/h5-7,9-10,13-17,23H,8,11-12H2,1-4H3,(H,34,39)(H,35,40)(H,33,36,37,41). The van der Waals surface area contributed by atoms with Gasteiger partial charge in [0.2, 0.25) is 0 Å². The van der Waals surface area contributed by atoms with Crippen molar-refractivity contribution in [3.8, 4) is 0 Å². The van der Waals surface area contributed by atoms with E-state index in [-0.39, 0.29) is 40.3 Å². The molecule has 4 rings (SSSR count). The molecule has 2 amide bonds. The fourth-order valence-electron chi connectivity index (χ4n) is 4.29. The summed E-state index contributed by atoms with van der Waals surface area (Å²) >= 11 is 7.67. The molecular formula is C31H32ClN5O5S. The number of pyridine rings is 1. The average molecular weight is 622 g/mol. The number of halogens is 1. The van der Waals surface area contributed by atoms with E-state index >= 15 is 0 Å². The number of aromatic amines is 1. The number of hydrogen-bond acceptors (Lipinski definition) is 8. The van der Waals surface area contributed by atoms with Gasteiger partial charge in [0, 0.05) is 23.6 Å². The van der Waals surface area contributed by atoms with Crippen molar-refractivity contribution in [2.75, 3.05) is 11.6 Å². The van der Waals surface area contributed by atoms with Gasteiger partial charge in [-0.05, 0) is 69.7 Å². The molecule has 0 saturated carbocycles. The summed E-state index contributed by atoms with van der Waals surface area (Å²) < 4.78 is 5.40. The Balaban J connectivity index is 1.49. The van der Waals surface area contributed by atoms with E-state index in [2.05, 4.69) is 25.6 Å². The number of ether oxygens (including phenoxy) is 1. The third-order valence-corrected chi connectivity index (χ3v) is 7.17. The molecule has 43 heavy (non-hydrogen) atoms. The van der Waals surface area contributed by atoms with Crippen molar-refractivity contribution in [3.05, 3.63) is 92.9 Å². The lowest BCUT2D eigenvalue weighted by molar-refractivity contribution is -0.154. The predicted molar refractivity (Wildman–Crippen MR) is 168 cm³/mol. The van der Waals surface area contributed by atoms with E-state index < -0.39 is 23.0 Å². The molecule has 1 unspecified atom stereocenters. The number of rotatable bonds is 10. The third-order valence-electron chi connectivity index (χ3n) is 6.28. The van der Waals surface area contributed by atoms with Crippen LogP contribution in [-0.4, -0.2) is 44.6 Å². The topological polar surface area (TPSA) is 143 Å². The molecule has 0 fully saturated rings. The molecule has 0 aliphatic rings. The number of aromatic nitrogens is 3. The van der Waals surface area contributed by atoms with Crippen LogP contribution in [0.5, 0.6) is 0 Å². The molecule has 3 N–H and O–H groups in total. The number of hydrogen-bond donors (Lipinski definition) is 3. The molecule has 4 aromatic rings. The van der Waals surface area contributed by atoms with Crippen LogP contribution in [-0.2, 0) is 9.53 Å². The largest absolute Gasteiger partial charge is 0.460 e. The van der Waals surface area contributed by atoms with E-state index in [9.17, 15) is 19.2 Å². The number of nitrogens with zero attached hydrogens (tertiary/aromatic N) is 2. The molecule has 0 aliphatic heterocycles. The van der Waals surface area contributed by atoms with Crippen molar-refractivity contribution in [1.82, 2.24) is 20.3 Å². The SMILES string of the molecule is CSc1ncc2cc(C(=O)Nc3cc(C(=O)NC(CCCC(=O)OC(C)(C)C)c4ccccc4)ccc3Cl)c(=O)[nH]c2n1. The maximum Gasteiger partial charge on any atom is 0.306 e. The van der Waals surface area contributed by atoms with Crippen LogP contribution in [0.2, 0.25) is 5.02 Å². The summed E-state index contributed by atoms with van der Waals surface area (Å²) in [5, 5.41) is 6.82. The lowest BCUT2D eigenvalue weighted by Gasteiger charge is -2.21. The molecule has 0 radical (unpaired) electrons. The smallest absolute Gasteiger partial charge is 0.306 e. The number of esters is 1. The Hall–Kier alpha value is -4.22. The number of fused-ring (bicyclic) bond motifs is 1. The van der Waals surface area contributed by atoms with E-state index in [0.29, 0.717) is 29.0 Å². The fraction of sp³-hybridized carbons (Fsp3) is 0.290. The quantitative estimate of drug-likeness (QED) is 0.112. The summed E-state index contributed by atoms with van der Waals surface area (Å²) in [5.41, 5.74) is 0.251. The zero-order valence-corrected chi connectivity index (χ0v) is 25.8. The van der Waals surface area contributed by atoms with E-state index in [4.69, 9.17) is 16.3 Å². The highest BCUT2D eigenvalue weighted by Crippen LogP contribution is 2.26. The van der Waals surface area contributed by atoms with Crippen molar-refractivity contribution in [2.45, 2.75) is 56.8 Å². The maximum atomic E-state index is 13.4. The van der Waals surface area contributed by atoms with Gasteiger partial charge < -0.3 is 20.4 Å². The molecule has 0 bridgehead atoms. The molecule has 0 spiro atoms. The lowest BCUT2D eigenvalue weighted by Crippen LogP contribution is -2.29. The van der Waals surface area contributed by atoms with Gasteiger partial charge in [-0.15, -0.1) is 0 Å². The van der Waals surface area contributed by atoms with Crippen LogP contribution in [0.15, 0.2) is 70.7 Å². The monoisotopic (exact) mass is 621 g/mol. The van der Waals surface area contributed by atoms with Gasteiger partial charge in [-0.2, -0.15) is 0 Å². The van der Waals surface area contributed by atoms with Gasteiger partial charge in [-0.25, -0.2) is 9.97 Å². The van der Waals surface area contributed by atoms with Crippen LogP contribution in [0, 0.1) is 0 Å². The summed E-state index contributed by atoms with van der Waals surface area (Å²) in [5.74, 6) is -1.41. The number of amides is 2. The fourth-order valence-corrected chi connectivity index (χ4v) is 4.79. The second-order valence-electron chi connectivity index (χ2n) is 10.7. The average Bonchev–Trinajstić information content (AvgIpc) is 2.96. The minimum Gasteiger partial charge on any atom is -0.460 e. The Bertz CT molecular complexity index is 1700. The summed E-state index contributed by atoms with van der Waals surface area (Å²) in [6.45, 7) is 5.45. The van der Waals surface area contributed by atoms with Crippen molar-refractivity contribution >= 4 is 57.9 Å². The van der Waals surface area contributed by atoms with E-state index in [1.807, 2.05) is 57.4 Å². The molecule has 2 heterocycles. The Morgan fingerprint density at radius 3 is 2.51 bits per heavy atom. The van der Waals surface area contributed by atoms with Crippen molar-refractivity contribution in [3.63, 3.8) is 0 Å². The molecule has 10 nitrogen and oxygen atoms in total. The van der Waals surface area contributed by atoms with E-state index in [1.54, 1.807) is 6.07 Å². The first-order valence-corrected chi connectivity index (χ1v) is 15.2. The lowest BCUT2D eigenvalue weighted by atomic mass is 10.00. The molecule has 12 heteroatoms. The highest BCUT2D eigenvalue weighted by atomic mass is 35.5. The first kappa shape index (κ1) is 31.7. The molecule has 224 valence electrons. The molecule has 1 atom stereocenters. The minimum atomic E-state index is -0.708. The number of nitrogens with one attached hydrogen (secondary N) is 3. The molecule has 0 saturated heterocycles. The number of carbonyl (C=O) groups excluding carboxylic acids is 3. The number of benzene rings is 2. The number of thioether (sulfide) groups is 1. The summed E-state index contributed by atoms with van der Waals surface area (Å²) in [6.07, 6.45) is 4.55. The Morgan fingerprint density at radius 1 is 1.07 bits per heavy atom. The third kappa shape index (κ3) is 8.65. The summed E-state index contributed by atoms with van der Waals surface area (Å²) in [4.78, 5) is 62.4. The van der Waals surface area contributed by atoms with Gasteiger partial charge in [0.1, 0.15) is 16.8 Å².